The number of phenols is 1. The number of phenolic OH excluding ortho intramolecular Hbond substituents is 1. The minimum Gasteiger partial charge on any atom is -0.507 e. The van der Waals surface area contributed by atoms with E-state index in [-0.39, 0.29) is 34.4 Å². The van der Waals surface area contributed by atoms with Crippen LogP contribution in [-0.2, 0) is 20.1 Å². The van der Waals surface area contributed by atoms with Gasteiger partial charge in [0.05, 0.1) is 17.7 Å². The zero-order valence-corrected chi connectivity index (χ0v) is 17.7. The highest BCUT2D eigenvalue weighted by Crippen LogP contribution is 2.35. The van der Waals surface area contributed by atoms with Crippen molar-refractivity contribution in [3.63, 3.8) is 0 Å². The Kier molecular flexibility index (Phi) is 7.68. The second kappa shape index (κ2) is 9.79. The predicted octanol–water partition coefficient (Wildman–Crippen LogP) is 0.988. The molecular weight excluding hydrogens is 420 g/mol. The average molecular weight is 443 g/mol. The van der Waals surface area contributed by atoms with Crippen LogP contribution in [0, 0.1) is 6.92 Å². The Labute approximate surface area is 177 Å². The molecule has 0 saturated carbocycles. The highest BCUT2D eigenvalue weighted by molar-refractivity contribution is 7.98. The molecule has 0 spiro atoms. The van der Waals surface area contributed by atoms with Crippen LogP contribution < -0.4 is 15.4 Å². The molecule has 0 aliphatic carbocycles. The van der Waals surface area contributed by atoms with Crippen LogP contribution in [0.5, 0.6) is 11.5 Å². The Bertz CT molecular complexity index is 844. The SMILES string of the molecule is COc1cc(O)c2c(c1C)C(=O)OCC(NC(C)=S)C(=O)NC(C(=O)O)CSC2. The number of carboxylic acids is 1. The van der Waals surface area contributed by atoms with Crippen LogP contribution in [0.1, 0.15) is 28.4 Å². The van der Waals surface area contributed by atoms with E-state index in [1.165, 1.54) is 13.2 Å². The van der Waals surface area contributed by atoms with Gasteiger partial charge < -0.3 is 30.3 Å². The first-order chi connectivity index (χ1) is 13.6. The van der Waals surface area contributed by atoms with E-state index in [9.17, 15) is 24.6 Å². The number of hydrogen-bond donors (Lipinski definition) is 4. The second-order valence-corrected chi connectivity index (χ2v) is 7.99. The molecule has 1 amide bonds. The van der Waals surface area contributed by atoms with Crippen molar-refractivity contribution < 1.29 is 34.1 Å². The number of thiocarbonyl (C=S) groups is 1. The number of esters is 1. The lowest BCUT2D eigenvalue weighted by Crippen LogP contribution is -2.53. The maximum atomic E-state index is 12.8. The average Bonchev–Trinajstić information content (AvgIpc) is 2.64. The van der Waals surface area contributed by atoms with Crippen molar-refractivity contribution in [3.05, 3.63) is 22.8 Å². The molecule has 1 heterocycles. The quantitative estimate of drug-likeness (QED) is 0.396. The number of aromatic hydroxyl groups is 1. The Morgan fingerprint density at radius 3 is 2.72 bits per heavy atom. The minimum absolute atomic E-state index is 0.0311. The molecule has 0 aromatic heterocycles. The van der Waals surface area contributed by atoms with Gasteiger partial charge in [-0.1, -0.05) is 12.2 Å². The van der Waals surface area contributed by atoms with E-state index in [1.54, 1.807) is 13.8 Å². The maximum absolute atomic E-state index is 12.8. The second-order valence-electron chi connectivity index (χ2n) is 6.34. The summed E-state index contributed by atoms with van der Waals surface area (Å²) in [5.41, 5.74) is 0.905. The van der Waals surface area contributed by atoms with Crippen LogP contribution in [-0.4, -0.2) is 64.6 Å². The largest absolute Gasteiger partial charge is 0.507 e. The van der Waals surface area contributed by atoms with Gasteiger partial charge >= 0.3 is 11.9 Å². The Hall–Kier alpha value is -2.53. The lowest BCUT2D eigenvalue weighted by Gasteiger charge is -2.24. The third-order valence-corrected chi connectivity index (χ3v) is 5.45. The van der Waals surface area contributed by atoms with Crippen LogP contribution in [0.2, 0.25) is 0 Å². The van der Waals surface area contributed by atoms with E-state index >= 15 is 0 Å². The summed E-state index contributed by atoms with van der Waals surface area (Å²) in [7, 11) is 1.41. The predicted molar refractivity (Wildman–Crippen MR) is 111 cm³/mol. The standard InChI is InChI=1S/C18H22N2O7S2/c1-8-14(26-3)4-13(21)10-6-29-7-12(17(23)24)20-16(22)11(19-9(2)28)5-27-18(25)15(8)10/h4,11-12,21H,5-7H2,1-3H3,(H,19,28)(H,20,22)(H,23,24). The normalized spacial score (nSPS) is 20.2. The number of nitrogens with one attached hydrogen (secondary N) is 2. The summed E-state index contributed by atoms with van der Waals surface area (Å²) in [5.74, 6) is -2.27. The molecule has 1 aromatic carbocycles. The molecule has 11 heteroatoms. The lowest BCUT2D eigenvalue weighted by molar-refractivity contribution is -0.141. The molecule has 1 aliphatic rings. The molecule has 4 N–H and O–H groups in total. The Morgan fingerprint density at radius 2 is 2.14 bits per heavy atom. The van der Waals surface area contributed by atoms with Crippen molar-refractivity contribution in [2.45, 2.75) is 31.7 Å². The van der Waals surface area contributed by atoms with Crippen LogP contribution in [0.3, 0.4) is 0 Å². The van der Waals surface area contributed by atoms with E-state index in [0.717, 1.165) is 11.8 Å². The fourth-order valence-corrected chi connectivity index (χ4v) is 4.03. The summed E-state index contributed by atoms with van der Waals surface area (Å²) in [5, 5.41) is 24.9. The first-order valence-electron chi connectivity index (χ1n) is 8.60. The fraction of sp³-hybridized carbons (Fsp3) is 0.444. The number of amides is 1. The molecule has 0 fully saturated rings. The van der Waals surface area contributed by atoms with Crippen LogP contribution in [0.25, 0.3) is 0 Å². The fourth-order valence-electron chi connectivity index (χ4n) is 2.82. The topological polar surface area (TPSA) is 134 Å². The van der Waals surface area contributed by atoms with Crippen LogP contribution in [0.15, 0.2) is 6.07 Å². The maximum Gasteiger partial charge on any atom is 0.339 e. The number of hydrogen-bond acceptors (Lipinski definition) is 8. The summed E-state index contributed by atoms with van der Waals surface area (Å²) < 4.78 is 10.5. The van der Waals surface area contributed by atoms with E-state index in [4.69, 9.17) is 21.7 Å². The van der Waals surface area contributed by atoms with Crippen molar-refractivity contribution in [2.24, 2.45) is 0 Å². The van der Waals surface area contributed by atoms with Gasteiger partial charge in [-0.2, -0.15) is 11.8 Å². The third-order valence-electron chi connectivity index (χ3n) is 4.27. The minimum atomic E-state index is -1.20. The van der Waals surface area contributed by atoms with Gasteiger partial charge in [0.1, 0.15) is 30.2 Å². The smallest absolute Gasteiger partial charge is 0.339 e. The number of thioether (sulfide) groups is 1. The molecule has 29 heavy (non-hydrogen) atoms. The number of carboxylic acid groups (broad SMARTS) is 1. The number of aliphatic carboxylic acids is 1. The Balaban J connectivity index is 2.48. The molecule has 2 unspecified atom stereocenters. The first-order valence-corrected chi connectivity index (χ1v) is 10.2. The highest BCUT2D eigenvalue weighted by atomic mass is 32.2. The third kappa shape index (κ3) is 5.51. The monoisotopic (exact) mass is 442 g/mol. The number of ether oxygens (including phenoxy) is 2. The lowest BCUT2D eigenvalue weighted by atomic mass is 10.0. The molecule has 9 nitrogen and oxygen atoms in total. The number of methoxy groups -OCH3 is 1. The van der Waals surface area contributed by atoms with Gasteiger partial charge in [0.25, 0.3) is 0 Å². The van der Waals surface area contributed by atoms with Crippen molar-refractivity contribution in [1.82, 2.24) is 10.6 Å². The van der Waals surface area contributed by atoms with Crippen molar-refractivity contribution >= 4 is 46.8 Å². The molecule has 0 bridgehead atoms. The summed E-state index contributed by atoms with van der Waals surface area (Å²) in [6.45, 7) is 2.82. The van der Waals surface area contributed by atoms with Gasteiger partial charge in [0.2, 0.25) is 5.91 Å². The zero-order valence-electron chi connectivity index (χ0n) is 16.1. The highest BCUT2D eigenvalue weighted by Gasteiger charge is 2.30. The summed E-state index contributed by atoms with van der Waals surface area (Å²) >= 11 is 6.11. The van der Waals surface area contributed by atoms with Gasteiger partial charge in [0.15, 0.2) is 0 Å². The van der Waals surface area contributed by atoms with E-state index < -0.39 is 29.9 Å². The van der Waals surface area contributed by atoms with E-state index in [0.29, 0.717) is 16.9 Å². The molecular formula is C18H22N2O7S2. The zero-order chi connectivity index (χ0) is 21.7. The molecule has 0 saturated heterocycles. The van der Waals surface area contributed by atoms with Crippen molar-refractivity contribution in [2.75, 3.05) is 19.5 Å². The van der Waals surface area contributed by atoms with Crippen molar-refractivity contribution in [3.8, 4) is 11.5 Å². The van der Waals surface area contributed by atoms with Gasteiger partial charge in [0, 0.05) is 28.7 Å². The van der Waals surface area contributed by atoms with Gasteiger partial charge in [-0.25, -0.2) is 9.59 Å². The van der Waals surface area contributed by atoms with Crippen molar-refractivity contribution in [1.29, 1.82) is 0 Å². The number of cyclic esters (lactones) is 1. The van der Waals surface area contributed by atoms with Gasteiger partial charge in [-0.3, -0.25) is 4.79 Å². The van der Waals surface area contributed by atoms with Crippen LogP contribution in [0.4, 0.5) is 0 Å². The number of rotatable bonds is 3. The number of carbonyl (C=O) groups excluding carboxylic acids is 2. The number of benzene rings is 1. The van der Waals surface area contributed by atoms with Crippen LogP contribution >= 0.6 is 24.0 Å². The van der Waals surface area contributed by atoms with E-state index in [1.807, 2.05) is 0 Å². The molecule has 0 radical (unpaired) electrons. The summed E-state index contributed by atoms with van der Waals surface area (Å²) in [6.07, 6.45) is 0. The first kappa shape index (κ1) is 22.8. The molecule has 158 valence electrons. The van der Waals surface area contributed by atoms with Gasteiger partial charge in [-0.05, 0) is 13.8 Å². The molecule has 1 aromatic rings. The molecule has 1 aliphatic heterocycles. The van der Waals surface area contributed by atoms with Gasteiger partial charge in [-0.15, -0.1) is 0 Å². The summed E-state index contributed by atoms with van der Waals surface area (Å²) in [4.78, 5) is 37.1. The van der Waals surface area contributed by atoms with E-state index in [2.05, 4.69) is 10.6 Å². The summed E-state index contributed by atoms with van der Waals surface area (Å²) in [6, 6.07) is -0.836. The molecule has 2 atom stereocenters. The molecule has 2 rings (SSSR count). The Morgan fingerprint density at radius 1 is 1.45 bits per heavy atom. The number of carbonyl (C=O) groups is 3. The number of fused-ring (bicyclic) bond motifs is 1.